The smallest absolute Gasteiger partial charge is 0.152 e. The number of carbonyl (C=O) groups excluding carboxylic acids is 1. The standard InChI is InChI=1S/C11H9ClFNO/c1-6-9(5-15)8-3-7(12)4-10(13)11(8)14(6)2/h3-5H,1-2H3. The first kappa shape index (κ1) is 10.2. The van der Waals surface area contributed by atoms with Gasteiger partial charge in [-0.1, -0.05) is 11.6 Å². The van der Waals surface area contributed by atoms with Crippen LogP contribution in [0.4, 0.5) is 4.39 Å². The monoisotopic (exact) mass is 225 g/mol. The van der Waals surface area contributed by atoms with Gasteiger partial charge in [0.1, 0.15) is 5.82 Å². The molecule has 0 unspecified atom stereocenters. The highest BCUT2D eigenvalue weighted by molar-refractivity contribution is 6.31. The van der Waals surface area contributed by atoms with Gasteiger partial charge in [-0.05, 0) is 19.1 Å². The highest BCUT2D eigenvalue weighted by Gasteiger charge is 2.15. The van der Waals surface area contributed by atoms with Crippen molar-refractivity contribution in [3.8, 4) is 0 Å². The maximum atomic E-state index is 13.6. The van der Waals surface area contributed by atoms with Gasteiger partial charge in [-0.2, -0.15) is 0 Å². The number of fused-ring (bicyclic) bond motifs is 1. The molecule has 1 heterocycles. The molecule has 0 spiro atoms. The van der Waals surface area contributed by atoms with Crippen LogP contribution < -0.4 is 0 Å². The summed E-state index contributed by atoms with van der Waals surface area (Å²) in [4.78, 5) is 10.9. The van der Waals surface area contributed by atoms with Gasteiger partial charge in [-0.15, -0.1) is 0 Å². The first-order chi connectivity index (χ1) is 7.06. The second-order valence-corrected chi connectivity index (χ2v) is 3.90. The summed E-state index contributed by atoms with van der Waals surface area (Å²) >= 11 is 5.75. The molecule has 78 valence electrons. The molecular formula is C11H9ClFNO. The minimum atomic E-state index is -0.406. The molecule has 4 heteroatoms. The molecule has 0 atom stereocenters. The predicted molar refractivity (Wildman–Crippen MR) is 58.0 cm³/mol. The van der Waals surface area contributed by atoms with E-state index >= 15 is 0 Å². The van der Waals surface area contributed by atoms with Gasteiger partial charge in [-0.3, -0.25) is 4.79 Å². The fourth-order valence-corrected chi connectivity index (χ4v) is 2.01. The van der Waals surface area contributed by atoms with Crippen LogP contribution in [0.15, 0.2) is 12.1 Å². The van der Waals surface area contributed by atoms with Crippen LogP contribution in [-0.2, 0) is 7.05 Å². The van der Waals surface area contributed by atoms with E-state index in [1.165, 1.54) is 6.07 Å². The Labute approximate surface area is 91.3 Å². The van der Waals surface area contributed by atoms with Crippen molar-refractivity contribution in [1.82, 2.24) is 4.57 Å². The summed E-state index contributed by atoms with van der Waals surface area (Å²) in [6.45, 7) is 1.77. The molecule has 1 aromatic carbocycles. The molecule has 15 heavy (non-hydrogen) atoms. The maximum Gasteiger partial charge on any atom is 0.152 e. The SMILES string of the molecule is Cc1c(C=O)c2cc(Cl)cc(F)c2n1C. The minimum absolute atomic E-state index is 0.300. The zero-order valence-electron chi connectivity index (χ0n) is 8.34. The fraction of sp³-hybridized carbons (Fsp3) is 0.182. The van der Waals surface area contributed by atoms with Gasteiger partial charge in [0.25, 0.3) is 0 Å². The van der Waals surface area contributed by atoms with Crippen LogP contribution in [0.1, 0.15) is 16.1 Å². The zero-order valence-corrected chi connectivity index (χ0v) is 9.10. The van der Waals surface area contributed by atoms with Crippen LogP contribution in [0.5, 0.6) is 0 Å². The molecule has 0 saturated heterocycles. The first-order valence-electron chi connectivity index (χ1n) is 4.45. The fourth-order valence-electron chi connectivity index (χ4n) is 1.80. The van der Waals surface area contributed by atoms with Crippen molar-refractivity contribution in [3.63, 3.8) is 0 Å². The van der Waals surface area contributed by atoms with Gasteiger partial charge in [0.05, 0.1) is 5.52 Å². The molecule has 0 amide bonds. The minimum Gasteiger partial charge on any atom is -0.345 e. The van der Waals surface area contributed by atoms with Crippen molar-refractivity contribution in [3.05, 3.63) is 34.2 Å². The summed E-state index contributed by atoms with van der Waals surface area (Å²) in [5.74, 6) is -0.406. The molecule has 0 fully saturated rings. The Morgan fingerprint density at radius 1 is 1.47 bits per heavy atom. The van der Waals surface area contributed by atoms with Crippen LogP contribution in [0.3, 0.4) is 0 Å². The van der Waals surface area contributed by atoms with Crippen LogP contribution >= 0.6 is 11.6 Å². The Balaban J connectivity index is 3.03. The van der Waals surface area contributed by atoms with E-state index in [1.54, 1.807) is 24.6 Å². The van der Waals surface area contributed by atoms with E-state index < -0.39 is 5.82 Å². The van der Waals surface area contributed by atoms with Crippen LogP contribution in [0.25, 0.3) is 10.9 Å². The van der Waals surface area contributed by atoms with Crippen molar-refractivity contribution in [2.75, 3.05) is 0 Å². The Morgan fingerprint density at radius 2 is 2.13 bits per heavy atom. The van der Waals surface area contributed by atoms with Gasteiger partial charge in [-0.25, -0.2) is 4.39 Å². The van der Waals surface area contributed by atoms with Crippen molar-refractivity contribution < 1.29 is 9.18 Å². The molecule has 0 aliphatic heterocycles. The summed E-state index contributed by atoms with van der Waals surface area (Å²) in [6.07, 6.45) is 0.730. The van der Waals surface area contributed by atoms with Gasteiger partial charge in [0, 0.05) is 28.7 Å². The zero-order chi connectivity index (χ0) is 11.2. The molecule has 0 aliphatic rings. The van der Waals surface area contributed by atoms with Crippen molar-refractivity contribution >= 4 is 28.8 Å². The summed E-state index contributed by atoms with van der Waals surface area (Å²) in [6, 6.07) is 2.86. The number of rotatable bonds is 1. The number of hydrogen-bond donors (Lipinski definition) is 0. The van der Waals surface area contributed by atoms with E-state index in [-0.39, 0.29) is 0 Å². The number of hydrogen-bond acceptors (Lipinski definition) is 1. The summed E-state index contributed by atoms with van der Waals surface area (Å²) in [5.41, 5.74) is 1.65. The third-order valence-electron chi connectivity index (χ3n) is 2.66. The second-order valence-electron chi connectivity index (χ2n) is 3.46. The van der Waals surface area contributed by atoms with Crippen LogP contribution in [0, 0.1) is 12.7 Å². The van der Waals surface area contributed by atoms with E-state index in [2.05, 4.69) is 0 Å². The lowest BCUT2D eigenvalue weighted by molar-refractivity contribution is 0.112. The van der Waals surface area contributed by atoms with Crippen molar-refractivity contribution in [2.24, 2.45) is 7.05 Å². The number of nitrogens with zero attached hydrogens (tertiary/aromatic N) is 1. The average Bonchev–Trinajstić information content (AvgIpc) is 2.39. The molecule has 2 rings (SSSR count). The Kier molecular flexibility index (Phi) is 2.27. The normalized spacial score (nSPS) is 10.9. The van der Waals surface area contributed by atoms with Crippen LogP contribution in [0.2, 0.25) is 5.02 Å². The van der Waals surface area contributed by atoms with Gasteiger partial charge < -0.3 is 4.57 Å². The van der Waals surface area contributed by atoms with E-state index in [9.17, 15) is 9.18 Å². The average molecular weight is 226 g/mol. The topological polar surface area (TPSA) is 22.0 Å². The number of benzene rings is 1. The lowest BCUT2D eigenvalue weighted by Gasteiger charge is -2.00. The summed E-state index contributed by atoms with van der Waals surface area (Å²) < 4.78 is 15.3. The van der Waals surface area contributed by atoms with E-state index in [0.29, 0.717) is 21.5 Å². The quantitative estimate of drug-likeness (QED) is 0.684. The highest BCUT2D eigenvalue weighted by Crippen LogP contribution is 2.28. The lowest BCUT2D eigenvalue weighted by atomic mass is 10.1. The first-order valence-corrected chi connectivity index (χ1v) is 4.83. The second kappa shape index (κ2) is 3.35. The number of aryl methyl sites for hydroxylation is 1. The summed E-state index contributed by atoms with van der Waals surface area (Å²) in [7, 11) is 1.72. The predicted octanol–water partition coefficient (Wildman–Crippen LogP) is 3.09. The summed E-state index contributed by atoms with van der Waals surface area (Å²) in [5, 5.41) is 0.865. The number of aromatic nitrogens is 1. The number of carbonyl (C=O) groups is 1. The maximum absolute atomic E-state index is 13.6. The third kappa shape index (κ3) is 1.35. The largest absolute Gasteiger partial charge is 0.345 e. The van der Waals surface area contributed by atoms with Gasteiger partial charge in [0.15, 0.2) is 6.29 Å². The Hall–Kier alpha value is -1.35. The molecule has 0 aliphatic carbocycles. The molecular weight excluding hydrogens is 217 g/mol. The molecule has 0 radical (unpaired) electrons. The number of aldehydes is 1. The molecule has 2 nitrogen and oxygen atoms in total. The molecule has 0 saturated carbocycles. The third-order valence-corrected chi connectivity index (χ3v) is 2.88. The molecule has 2 aromatic rings. The Morgan fingerprint density at radius 3 is 2.73 bits per heavy atom. The van der Waals surface area contributed by atoms with Gasteiger partial charge in [0.2, 0.25) is 0 Å². The van der Waals surface area contributed by atoms with E-state index in [1.807, 2.05) is 0 Å². The molecule has 0 bridgehead atoms. The van der Waals surface area contributed by atoms with E-state index in [0.717, 1.165) is 12.0 Å². The number of halogens is 2. The Bertz CT molecular complexity index is 559. The van der Waals surface area contributed by atoms with E-state index in [4.69, 9.17) is 11.6 Å². The molecule has 1 aromatic heterocycles. The molecule has 0 N–H and O–H groups in total. The highest BCUT2D eigenvalue weighted by atomic mass is 35.5. The van der Waals surface area contributed by atoms with Crippen LogP contribution in [-0.4, -0.2) is 10.9 Å². The van der Waals surface area contributed by atoms with Crippen molar-refractivity contribution in [1.29, 1.82) is 0 Å². The lowest BCUT2D eigenvalue weighted by Crippen LogP contribution is -1.93. The van der Waals surface area contributed by atoms with Crippen molar-refractivity contribution in [2.45, 2.75) is 6.92 Å². The van der Waals surface area contributed by atoms with Gasteiger partial charge >= 0.3 is 0 Å².